The van der Waals surface area contributed by atoms with Gasteiger partial charge in [0, 0.05) is 12.6 Å². The highest BCUT2D eigenvalue weighted by molar-refractivity contribution is 7.11. The van der Waals surface area contributed by atoms with E-state index in [2.05, 4.69) is 15.0 Å². The largest absolute Gasteiger partial charge is 0.384 e. The lowest BCUT2D eigenvalue weighted by atomic mass is 10.2. The summed E-state index contributed by atoms with van der Waals surface area (Å²) < 4.78 is 5.72. The second-order valence-electron chi connectivity index (χ2n) is 4.74. The Labute approximate surface area is 125 Å². The topological polar surface area (TPSA) is 94.2 Å². The first-order chi connectivity index (χ1) is 10.1. The van der Waals surface area contributed by atoms with E-state index in [1.165, 1.54) is 11.3 Å². The second-order valence-corrected chi connectivity index (χ2v) is 5.63. The Hall–Kier alpha value is -2.06. The minimum Gasteiger partial charge on any atom is -0.384 e. The van der Waals surface area contributed by atoms with Crippen molar-refractivity contribution in [2.45, 2.75) is 13.0 Å². The first-order valence-corrected chi connectivity index (χ1v) is 7.42. The van der Waals surface area contributed by atoms with Crippen LogP contribution < -0.4 is 5.73 Å². The zero-order chi connectivity index (χ0) is 14.8. The van der Waals surface area contributed by atoms with Gasteiger partial charge in [-0.15, -0.1) is 11.3 Å². The van der Waals surface area contributed by atoms with Crippen molar-refractivity contribution in [1.29, 1.82) is 0 Å². The summed E-state index contributed by atoms with van der Waals surface area (Å²) in [5.74, 6) is 0.982. The van der Waals surface area contributed by atoms with Crippen molar-refractivity contribution < 1.29 is 9.53 Å². The van der Waals surface area contributed by atoms with E-state index in [4.69, 9.17) is 10.5 Å². The number of nitrogens with two attached hydrogens (primary N) is 1. The van der Waals surface area contributed by atoms with Crippen molar-refractivity contribution in [1.82, 2.24) is 19.9 Å². The number of morpholine rings is 1. The van der Waals surface area contributed by atoms with Gasteiger partial charge in [0.05, 0.1) is 30.6 Å². The van der Waals surface area contributed by atoms with Gasteiger partial charge >= 0.3 is 0 Å². The van der Waals surface area contributed by atoms with Crippen LogP contribution in [-0.2, 0) is 4.74 Å². The third-order valence-electron chi connectivity index (χ3n) is 3.20. The number of amides is 1. The number of anilines is 1. The van der Waals surface area contributed by atoms with Crippen LogP contribution in [0.15, 0.2) is 17.8 Å². The minimum atomic E-state index is -0.278. The van der Waals surface area contributed by atoms with Crippen LogP contribution in [0.3, 0.4) is 0 Å². The highest BCUT2D eigenvalue weighted by atomic mass is 32.1. The smallest absolute Gasteiger partial charge is 0.265 e. The zero-order valence-corrected chi connectivity index (χ0v) is 12.3. The van der Waals surface area contributed by atoms with Crippen LogP contribution >= 0.6 is 11.3 Å². The van der Waals surface area contributed by atoms with Gasteiger partial charge in [0.2, 0.25) is 0 Å². The molecule has 2 aromatic rings. The lowest BCUT2D eigenvalue weighted by Crippen LogP contribution is -2.42. The maximum Gasteiger partial charge on any atom is 0.265 e. The van der Waals surface area contributed by atoms with Gasteiger partial charge in [0.15, 0.2) is 0 Å². The second kappa shape index (κ2) is 5.74. The molecule has 0 radical (unpaired) electrons. The van der Waals surface area contributed by atoms with Crippen molar-refractivity contribution in [3.05, 3.63) is 34.2 Å². The number of carbonyl (C=O) groups is 1. The maximum absolute atomic E-state index is 12.4. The molecule has 3 rings (SSSR count). The van der Waals surface area contributed by atoms with E-state index in [0.29, 0.717) is 41.9 Å². The minimum absolute atomic E-state index is 0.0236. The number of rotatable bonds is 2. The molecule has 1 aliphatic heterocycles. The van der Waals surface area contributed by atoms with Crippen molar-refractivity contribution in [2.24, 2.45) is 0 Å². The van der Waals surface area contributed by atoms with Crippen molar-refractivity contribution in [3.8, 4) is 0 Å². The molecule has 1 saturated heterocycles. The molecule has 110 valence electrons. The number of nitrogen functional groups attached to an aromatic ring is 1. The van der Waals surface area contributed by atoms with Crippen LogP contribution in [0.2, 0.25) is 0 Å². The number of carbonyl (C=O) groups excluding carboxylic acids is 1. The average Bonchev–Trinajstić information content (AvgIpc) is 3.00. The van der Waals surface area contributed by atoms with Gasteiger partial charge in [-0.2, -0.15) is 0 Å². The standard InChI is InChI=1S/C13H15N5O2S/c1-8-16-9(4-12(14)17-8)10-6-18(2-3-20-10)13(19)11-5-15-7-21-11/h4-5,7,10H,2-3,6H2,1H3,(H2,14,16,17)/t10-/m0/s1. The van der Waals surface area contributed by atoms with E-state index >= 15 is 0 Å². The number of aromatic nitrogens is 3. The summed E-state index contributed by atoms with van der Waals surface area (Å²) in [6.45, 7) is 3.26. The van der Waals surface area contributed by atoms with Crippen LogP contribution in [0.1, 0.15) is 27.3 Å². The molecule has 0 unspecified atom stereocenters. The summed E-state index contributed by atoms with van der Waals surface area (Å²) in [5, 5.41) is 0. The lowest BCUT2D eigenvalue weighted by molar-refractivity contribution is -0.0246. The first kappa shape index (κ1) is 13.9. The molecule has 1 atom stereocenters. The molecule has 7 nitrogen and oxygen atoms in total. The van der Waals surface area contributed by atoms with E-state index in [-0.39, 0.29) is 12.0 Å². The Balaban J connectivity index is 1.78. The van der Waals surface area contributed by atoms with E-state index < -0.39 is 0 Å². The Morgan fingerprint density at radius 2 is 2.38 bits per heavy atom. The Bertz CT molecular complexity index is 626. The number of ether oxygens (including phenoxy) is 1. The molecular formula is C13H15N5O2S. The molecular weight excluding hydrogens is 290 g/mol. The van der Waals surface area contributed by atoms with Crippen LogP contribution in [0, 0.1) is 6.92 Å². The Morgan fingerprint density at radius 3 is 3.10 bits per heavy atom. The van der Waals surface area contributed by atoms with E-state index in [1.807, 2.05) is 0 Å². The molecule has 8 heteroatoms. The fourth-order valence-corrected chi connectivity index (χ4v) is 2.86. The number of nitrogens with zero attached hydrogens (tertiary/aromatic N) is 4. The molecule has 1 fully saturated rings. The fraction of sp³-hybridized carbons (Fsp3) is 0.385. The molecule has 2 aromatic heterocycles. The van der Waals surface area contributed by atoms with Crippen LogP contribution in [0.5, 0.6) is 0 Å². The molecule has 2 N–H and O–H groups in total. The van der Waals surface area contributed by atoms with Crippen molar-refractivity contribution in [2.75, 3.05) is 25.4 Å². The Kier molecular flexibility index (Phi) is 3.80. The number of aryl methyl sites for hydroxylation is 1. The summed E-state index contributed by atoms with van der Waals surface area (Å²) in [4.78, 5) is 27.1. The van der Waals surface area contributed by atoms with Gasteiger partial charge < -0.3 is 15.4 Å². The average molecular weight is 305 g/mol. The maximum atomic E-state index is 12.4. The Morgan fingerprint density at radius 1 is 1.52 bits per heavy atom. The molecule has 1 amide bonds. The highest BCUT2D eigenvalue weighted by Gasteiger charge is 2.28. The van der Waals surface area contributed by atoms with Crippen LogP contribution in [0.25, 0.3) is 0 Å². The van der Waals surface area contributed by atoms with E-state index in [0.717, 1.165) is 0 Å². The van der Waals surface area contributed by atoms with Crippen LogP contribution in [-0.4, -0.2) is 45.5 Å². The summed E-state index contributed by atoms with van der Waals surface area (Å²) in [6.07, 6.45) is 1.31. The predicted molar refractivity (Wildman–Crippen MR) is 77.9 cm³/mol. The molecule has 1 aliphatic rings. The number of thiazole rings is 1. The molecule has 0 bridgehead atoms. The monoisotopic (exact) mass is 305 g/mol. The molecule has 0 aromatic carbocycles. The number of hydrogen-bond donors (Lipinski definition) is 1. The molecule has 0 spiro atoms. The van der Waals surface area contributed by atoms with Gasteiger partial charge in [-0.3, -0.25) is 9.78 Å². The summed E-state index contributed by atoms with van der Waals surface area (Å²) in [5.41, 5.74) is 8.11. The highest BCUT2D eigenvalue weighted by Crippen LogP contribution is 2.23. The van der Waals surface area contributed by atoms with Crippen molar-refractivity contribution >= 4 is 23.1 Å². The molecule has 21 heavy (non-hydrogen) atoms. The fourth-order valence-electron chi connectivity index (χ4n) is 2.27. The summed E-state index contributed by atoms with van der Waals surface area (Å²) in [7, 11) is 0. The quantitative estimate of drug-likeness (QED) is 0.891. The van der Waals surface area contributed by atoms with Crippen LogP contribution in [0.4, 0.5) is 5.82 Å². The third kappa shape index (κ3) is 3.01. The SMILES string of the molecule is Cc1nc(N)cc([C@@H]2CN(C(=O)c3cncs3)CCO2)n1. The van der Waals surface area contributed by atoms with Gasteiger partial charge in [-0.25, -0.2) is 9.97 Å². The predicted octanol–water partition coefficient (Wildman–Crippen LogP) is 1.04. The zero-order valence-electron chi connectivity index (χ0n) is 11.5. The molecule has 0 aliphatic carbocycles. The van der Waals surface area contributed by atoms with E-state index in [1.54, 1.807) is 29.6 Å². The van der Waals surface area contributed by atoms with Gasteiger partial charge in [-0.05, 0) is 6.92 Å². The molecule has 3 heterocycles. The molecule has 0 saturated carbocycles. The lowest BCUT2D eigenvalue weighted by Gasteiger charge is -2.32. The summed E-state index contributed by atoms with van der Waals surface area (Å²) in [6, 6.07) is 1.69. The van der Waals surface area contributed by atoms with Gasteiger partial charge in [0.1, 0.15) is 22.6 Å². The van der Waals surface area contributed by atoms with Gasteiger partial charge in [-0.1, -0.05) is 0 Å². The number of hydrogen-bond acceptors (Lipinski definition) is 7. The van der Waals surface area contributed by atoms with E-state index in [9.17, 15) is 4.79 Å². The normalized spacial score (nSPS) is 18.7. The first-order valence-electron chi connectivity index (χ1n) is 6.54. The van der Waals surface area contributed by atoms with Crippen molar-refractivity contribution in [3.63, 3.8) is 0 Å². The third-order valence-corrected chi connectivity index (χ3v) is 3.97. The summed E-state index contributed by atoms with van der Waals surface area (Å²) >= 11 is 1.34. The van der Waals surface area contributed by atoms with Gasteiger partial charge in [0.25, 0.3) is 5.91 Å².